The number of hydrogen-bond acceptors (Lipinski definition) is 8. The first-order valence-electron chi connectivity index (χ1n) is 11.0. The van der Waals surface area contributed by atoms with Gasteiger partial charge in [0.25, 0.3) is 0 Å². The maximum Gasteiger partial charge on any atom is 0.410 e. The number of hydrogen-bond donors (Lipinski definition) is 2. The predicted octanol–water partition coefficient (Wildman–Crippen LogP) is 5.50. The van der Waals surface area contributed by atoms with Crippen molar-refractivity contribution < 1.29 is 9.53 Å². The Balaban J connectivity index is 1.20. The number of carbonyl (C=O) groups is 1. The first kappa shape index (κ1) is 21.1. The number of aromatic nitrogens is 4. The van der Waals surface area contributed by atoms with Crippen LogP contribution in [-0.4, -0.2) is 44.3 Å². The highest BCUT2D eigenvalue weighted by molar-refractivity contribution is 7.19. The van der Waals surface area contributed by atoms with Crippen molar-refractivity contribution in [3.8, 4) is 0 Å². The summed E-state index contributed by atoms with van der Waals surface area (Å²) < 4.78 is 5.85. The number of aryl methyl sites for hydroxylation is 1. The Morgan fingerprint density at radius 2 is 2.26 bits per heavy atom. The molecule has 1 amide bonds. The molecule has 34 heavy (non-hydrogen) atoms. The molecule has 1 aromatic carbocycles. The summed E-state index contributed by atoms with van der Waals surface area (Å²) in [5.41, 5.74) is 4.31. The van der Waals surface area contributed by atoms with Crippen molar-refractivity contribution >= 4 is 61.4 Å². The zero-order valence-electron chi connectivity index (χ0n) is 18.4. The molecule has 172 valence electrons. The maximum absolute atomic E-state index is 12.6. The molecule has 0 saturated heterocycles. The van der Waals surface area contributed by atoms with Gasteiger partial charge in [-0.1, -0.05) is 0 Å². The largest absolute Gasteiger partial charge is 0.446 e. The fourth-order valence-electron chi connectivity index (χ4n) is 4.39. The van der Waals surface area contributed by atoms with E-state index < -0.39 is 0 Å². The number of fused-ring (bicyclic) bond motifs is 4. The van der Waals surface area contributed by atoms with E-state index in [1.165, 1.54) is 10.4 Å². The third-order valence-corrected chi connectivity index (χ3v) is 7.98. The summed E-state index contributed by atoms with van der Waals surface area (Å²) in [6.45, 7) is 0.554. The number of H-pyrrole nitrogens is 1. The van der Waals surface area contributed by atoms with E-state index in [2.05, 4.69) is 25.5 Å². The van der Waals surface area contributed by atoms with Crippen LogP contribution in [0.3, 0.4) is 0 Å². The molecule has 8 nitrogen and oxygen atoms in total. The fraction of sp³-hybridized carbons (Fsp3) is 0.250. The highest BCUT2D eigenvalue weighted by Crippen LogP contribution is 2.39. The lowest BCUT2D eigenvalue weighted by atomic mass is 9.94. The Hall–Kier alpha value is -3.50. The van der Waals surface area contributed by atoms with Crippen molar-refractivity contribution in [1.82, 2.24) is 25.1 Å². The van der Waals surface area contributed by atoms with Crippen molar-refractivity contribution in [3.63, 3.8) is 0 Å². The quantitative estimate of drug-likeness (QED) is 0.338. The normalized spacial score (nSPS) is 15.4. The smallest absolute Gasteiger partial charge is 0.410 e. The number of thiophene rings is 2. The molecule has 0 spiro atoms. The van der Waals surface area contributed by atoms with Gasteiger partial charge in [0, 0.05) is 36.0 Å². The predicted molar refractivity (Wildman–Crippen MR) is 135 cm³/mol. The van der Waals surface area contributed by atoms with Gasteiger partial charge in [-0.2, -0.15) is 16.4 Å². The average molecular weight is 491 g/mol. The summed E-state index contributed by atoms with van der Waals surface area (Å²) in [6, 6.07) is 8.09. The first-order valence-corrected chi connectivity index (χ1v) is 12.8. The van der Waals surface area contributed by atoms with Crippen molar-refractivity contribution in [2.45, 2.75) is 31.9 Å². The number of ether oxygens (including phenoxy) is 1. The van der Waals surface area contributed by atoms with Crippen molar-refractivity contribution in [2.24, 2.45) is 0 Å². The number of nitrogens with zero attached hydrogens (tertiary/aromatic N) is 4. The van der Waals surface area contributed by atoms with Crippen LogP contribution in [0.5, 0.6) is 0 Å². The van der Waals surface area contributed by atoms with Crippen LogP contribution in [0.1, 0.15) is 22.4 Å². The number of rotatable bonds is 5. The van der Waals surface area contributed by atoms with E-state index >= 15 is 0 Å². The summed E-state index contributed by atoms with van der Waals surface area (Å²) in [7, 11) is 1.78. The second kappa shape index (κ2) is 8.69. The number of anilines is 2. The summed E-state index contributed by atoms with van der Waals surface area (Å²) in [5.74, 6) is 0.802. The van der Waals surface area contributed by atoms with Crippen LogP contribution in [0.4, 0.5) is 16.3 Å². The molecule has 2 N–H and O–H groups in total. The minimum absolute atomic E-state index is 0.133. The van der Waals surface area contributed by atoms with Crippen LogP contribution in [0.15, 0.2) is 47.5 Å². The molecule has 1 atom stereocenters. The third kappa shape index (κ3) is 3.99. The summed E-state index contributed by atoms with van der Waals surface area (Å²) in [5, 5.41) is 16.7. The summed E-state index contributed by atoms with van der Waals surface area (Å²) in [6.07, 6.45) is 5.30. The van der Waals surface area contributed by atoms with Crippen LogP contribution in [0.25, 0.3) is 21.1 Å². The van der Waals surface area contributed by atoms with E-state index in [1.54, 1.807) is 40.9 Å². The van der Waals surface area contributed by atoms with Gasteiger partial charge in [0.2, 0.25) is 0 Å². The van der Waals surface area contributed by atoms with E-state index in [0.29, 0.717) is 13.0 Å². The highest BCUT2D eigenvalue weighted by atomic mass is 32.1. The molecule has 1 unspecified atom stereocenters. The molecule has 5 aromatic rings. The second-order valence-electron chi connectivity index (χ2n) is 8.44. The summed E-state index contributed by atoms with van der Waals surface area (Å²) in [4.78, 5) is 25.5. The number of benzene rings is 1. The number of carbonyl (C=O) groups excluding carboxylic acids is 1. The average Bonchev–Trinajstić information content (AvgIpc) is 3.58. The van der Waals surface area contributed by atoms with Crippen LogP contribution >= 0.6 is 22.7 Å². The molecule has 0 saturated carbocycles. The fourth-order valence-corrected chi connectivity index (χ4v) is 6.30. The second-order valence-corrected chi connectivity index (χ2v) is 10.3. The molecular formula is C24H22N6O2S2. The van der Waals surface area contributed by atoms with Crippen LogP contribution in [0.2, 0.25) is 0 Å². The number of nitrogens with one attached hydrogen (secondary N) is 2. The first-order chi connectivity index (χ1) is 16.6. The topological polar surface area (TPSA) is 96.0 Å². The zero-order valence-corrected chi connectivity index (χ0v) is 20.1. The summed E-state index contributed by atoms with van der Waals surface area (Å²) >= 11 is 3.29. The minimum atomic E-state index is -0.280. The van der Waals surface area contributed by atoms with Gasteiger partial charge >= 0.3 is 6.09 Å². The Morgan fingerprint density at radius 3 is 3.15 bits per heavy atom. The standard InChI is InChI=1S/C24H22N6O2S2/c1-30(11-14-6-7-33-12-14)24(31)32-17-3-4-18-20(9-17)34-23-21(18)22(25-13-26-23)28-16-2-5-19-15(8-16)10-27-29-19/h2,5-8,10,12-13,17H,3-4,9,11H2,1H3,(H,27,29)(H,25,26,28). The van der Waals surface area contributed by atoms with Gasteiger partial charge in [-0.05, 0) is 59.0 Å². The van der Waals surface area contributed by atoms with Gasteiger partial charge in [-0.3, -0.25) is 5.10 Å². The molecular weight excluding hydrogens is 468 g/mol. The van der Waals surface area contributed by atoms with E-state index in [4.69, 9.17) is 4.74 Å². The van der Waals surface area contributed by atoms with E-state index in [-0.39, 0.29) is 12.2 Å². The van der Waals surface area contributed by atoms with Gasteiger partial charge in [-0.15, -0.1) is 11.3 Å². The Bertz CT molecular complexity index is 1480. The number of amides is 1. The van der Waals surface area contributed by atoms with Crippen molar-refractivity contribution in [3.05, 3.63) is 63.6 Å². The minimum Gasteiger partial charge on any atom is -0.446 e. The molecule has 1 aliphatic rings. The molecule has 0 aliphatic heterocycles. The van der Waals surface area contributed by atoms with Gasteiger partial charge in [-0.25, -0.2) is 14.8 Å². The van der Waals surface area contributed by atoms with E-state index in [1.807, 2.05) is 41.2 Å². The van der Waals surface area contributed by atoms with Gasteiger partial charge in [0.15, 0.2) is 0 Å². The molecule has 0 radical (unpaired) electrons. The molecule has 4 aromatic heterocycles. The molecule has 0 bridgehead atoms. The van der Waals surface area contributed by atoms with Crippen molar-refractivity contribution in [2.75, 3.05) is 12.4 Å². The van der Waals surface area contributed by atoms with Crippen molar-refractivity contribution in [1.29, 1.82) is 0 Å². The number of aromatic amines is 1. The van der Waals surface area contributed by atoms with E-state index in [9.17, 15) is 4.79 Å². The van der Waals surface area contributed by atoms with Gasteiger partial charge in [0.1, 0.15) is 23.1 Å². The third-order valence-electron chi connectivity index (χ3n) is 6.08. The molecule has 4 heterocycles. The zero-order chi connectivity index (χ0) is 23.1. The molecule has 0 fully saturated rings. The van der Waals surface area contributed by atoms with Gasteiger partial charge in [0.05, 0.1) is 17.1 Å². The van der Waals surface area contributed by atoms with E-state index in [0.717, 1.165) is 51.0 Å². The highest BCUT2D eigenvalue weighted by Gasteiger charge is 2.28. The monoisotopic (exact) mass is 490 g/mol. The molecule has 1 aliphatic carbocycles. The molecule has 6 rings (SSSR count). The molecule has 10 heteroatoms. The van der Waals surface area contributed by atoms with Crippen LogP contribution < -0.4 is 5.32 Å². The van der Waals surface area contributed by atoms with Gasteiger partial charge < -0.3 is 15.0 Å². The van der Waals surface area contributed by atoms with Crippen LogP contribution in [-0.2, 0) is 24.1 Å². The maximum atomic E-state index is 12.6. The lowest BCUT2D eigenvalue weighted by Gasteiger charge is -2.25. The SMILES string of the molecule is CN(Cc1ccsc1)C(=O)OC1CCc2c(sc3ncnc(Nc4ccc5[nH]ncc5c4)c23)C1. The van der Waals surface area contributed by atoms with Crippen LogP contribution in [0, 0.1) is 0 Å². The lowest BCUT2D eigenvalue weighted by molar-refractivity contribution is 0.0616. The lowest BCUT2D eigenvalue weighted by Crippen LogP contribution is -2.33. The Kier molecular flexibility index (Phi) is 5.39. The Morgan fingerprint density at radius 1 is 1.32 bits per heavy atom. The Labute approximate surface area is 203 Å².